The number of rotatable bonds is 4. The molecule has 0 aliphatic carbocycles. The van der Waals surface area contributed by atoms with Crippen molar-refractivity contribution in [3.8, 4) is 0 Å². The van der Waals surface area contributed by atoms with Crippen molar-refractivity contribution in [2.24, 2.45) is 0 Å². The molecule has 7 heteroatoms. The highest BCUT2D eigenvalue weighted by atomic mass is 79.9. The molecule has 0 saturated carbocycles. The summed E-state index contributed by atoms with van der Waals surface area (Å²) in [6.07, 6.45) is 3.15. The Bertz CT molecular complexity index is 743. The van der Waals surface area contributed by atoms with Crippen LogP contribution in [0.4, 0.5) is 0 Å². The minimum atomic E-state index is -0.104. The Hall–Kier alpha value is -1.73. The average molecular weight is 351 g/mol. The van der Waals surface area contributed by atoms with E-state index in [-0.39, 0.29) is 17.5 Å². The van der Waals surface area contributed by atoms with Crippen LogP contribution >= 0.6 is 15.9 Å². The van der Waals surface area contributed by atoms with Gasteiger partial charge < -0.3 is 10.6 Å². The first kappa shape index (κ1) is 14.2. The zero-order valence-corrected chi connectivity index (χ0v) is 12.9. The summed E-state index contributed by atoms with van der Waals surface area (Å²) in [4.78, 5) is 27.6. The molecule has 0 radical (unpaired) electrons. The Labute approximate surface area is 129 Å². The van der Waals surface area contributed by atoms with Crippen molar-refractivity contribution in [1.82, 2.24) is 20.0 Å². The van der Waals surface area contributed by atoms with Gasteiger partial charge in [0.05, 0.1) is 5.69 Å². The standard InChI is InChI=1S/C14H15BrN4O2/c15-9-1-3-12-17-11(5-14(21)19(12)8-9)7-16-6-10-2-4-13(20)18-10/h1,3,5,8,10,16H,2,4,6-7H2,(H,18,20)/t10-/m0/s1. The Morgan fingerprint density at radius 3 is 3.05 bits per heavy atom. The summed E-state index contributed by atoms with van der Waals surface area (Å²) >= 11 is 3.34. The first-order chi connectivity index (χ1) is 10.1. The molecule has 2 aromatic rings. The van der Waals surface area contributed by atoms with Crippen LogP contribution in [0.1, 0.15) is 18.5 Å². The lowest BCUT2D eigenvalue weighted by Gasteiger charge is -2.11. The second-order valence-electron chi connectivity index (χ2n) is 5.10. The topological polar surface area (TPSA) is 75.5 Å². The molecule has 0 aromatic carbocycles. The highest BCUT2D eigenvalue weighted by molar-refractivity contribution is 9.10. The molecule has 0 bridgehead atoms. The van der Waals surface area contributed by atoms with Crippen molar-refractivity contribution in [3.05, 3.63) is 44.9 Å². The van der Waals surface area contributed by atoms with E-state index in [4.69, 9.17) is 0 Å². The third kappa shape index (κ3) is 3.30. The van der Waals surface area contributed by atoms with Gasteiger partial charge >= 0.3 is 0 Å². The van der Waals surface area contributed by atoms with Gasteiger partial charge in [0.1, 0.15) is 5.65 Å². The molecule has 110 valence electrons. The summed E-state index contributed by atoms with van der Waals surface area (Å²) in [5, 5.41) is 6.13. The Morgan fingerprint density at radius 1 is 1.43 bits per heavy atom. The van der Waals surface area contributed by atoms with Gasteiger partial charge in [0.2, 0.25) is 5.91 Å². The fourth-order valence-electron chi connectivity index (χ4n) is 2.42. The SMILES string of the molecule is O=C1CC[C@@H](CNCc2cc(=O)n3cc(Br)ccc3n2)N1. The summed E-state index contributed by atoms with van der Waals surface area (Å²) in [7, 11) is 0. The van der Waals surface area contributed by atoms with Crippen molar-refractivity contribution in [2.45, 2.75) is 25.4 Å². The highest BCUT2D eigenvalue weighted by Gasteiger charge is 2.19. The van der Waals surface area contributed by atoms with E-state index in [1.165, 1.54) is 10.5 Å². The first-order valence-electron chi connectivity index (χ1n) is 6.80. The summed E-state index contributed by atoms with van der Waals surface area (Å²) in [5.74, 6) is 0.106. The minimum Gasteiger partial charge on any atom is -0.352 e. The van der Waals surface area contributed by atoms with Crippen LogP contribution in [0.3, 0.4) is 0 Å². The smallest absolute Gasteiger partial charge is 0.258 e. The van der Waals surface area contributed by atoms with Crippen molar-refractivity contribution in [3.63, 3.8) is 0 Å². The molecule has 0 unspecified atom stereocenters. The van der Waals surface area contributed by atoms with Crippen molar-refractivity contribution >= 4 is 27.5 Å². The van der Waals surface area contributed by atoms with Gasteiger partial charge in [-0.15, -0.1) is 0 Å². The van der Waals surface area contributed by atoms with Crippen molar-refractivity contribution in [2.75, 3.05) is 6.54 Å². The fraction of sp³-hybridized carbons (Fsp3) is 0.357. The lowest BCUT2D eigenvalue weighted by Crippen LogP contribution is -2.35. The van der Waals surface area contributed by atoms with Gasteiger partial charge in [-0.1, -0.05) is 0 Å². The predicted molar refractivity (Wildman–Crippen MR) is 82.0 cm³/mol. The van der Waals surface area contributed by atoms with E-state index >= 15 is 0 Å². The Morgan fingerprint density at radius 2 is 2.29 bits per heavy atom. The number of hydrogen-bond donors (Lipinski definition) is 2. The molecule has 1 fully saturated rings. The van der Waals surface area contributed by atoms with Crippen LogP contribution in [-0.2, 0) is 11.3 Å². The van der Waals surface area contributed by atoms with Gasteiger partial charge in [-0.25, -0.2) is 4.98 Å². The van der Waals surface area contributed by atoms with Crippen LogP contribution in [0, 0.1) is 0 Å². The van der Waals surface area contributed by atoms with Crippen molar-refractivity contribution < 1.29 is 4.79 Å². The van der Waals surface area contributed by atoms with Crippen LogP contribution in [0.15, 0.2) is 33.7 Å². The molecule has 2 N–H and O–H groups in total. The third-order valence-electron chi connectivity index (χ3n) is 3.46. The minimum absolute atomic E-state index is 0.104. The largest absolute Gasteiger partial charge is 0.352 e. The maximum Gasteiger partial charge on any atom is 0.258 e. The van der Waals surface area contributed by atoms with E-state index in [9.17, 15) is 9.59 Å². The molecule has 1 saturated heterocycles. The molecule has 3 rings (SSSR count). The number of nitrogens with one attached hydrogen (secondary N) is 2. The molecule has 1 aliphatic heterocycles. The van der Waals surface area contributed by atoms with E-state index in [1.54, 1.807) is 12.3 Å². The normalized spacial score (nSPS) is 18.1. The second kappa shape index (κ2) is 5.95. The molecule has 1 atom stereocenters. The van der Waals surface area contributed by atoms with Crippen LogP contribution in [0.2, 0.25) is 0 Å². The average Bonchev–Trinajstić information content (AvgIpc) is 2.85. The van der Waals surface area contributed by atoms with E-state index in [0.29, 0.717) is 30.9 Å². The van der Waals surface area contributed by atoms with E-state index < -0.39 is 0 Å². The monoisotopic (exact) mass is 350 g/mol. The summed E-state index contributed by atoms with van der Waals surface area (Å²) < 4.78 is 2.34. The number of amides is 1. The van der Waals surface area contributed by atoms with Crippen molar-refractivity contribution in [1.29, 1.82) is 0 Å². The molecule has 1 amide bonds. The summed E-state index contributed by atoms with van der Waals surface area (Å²) in [6, 6.07) is 5.36. The van der Waals surface area contributed by atoms with E-state index in [0.717, 1.165) is 10.9 Å². The van der Waals surface area contributed by atoms with Gasteiger partial charge in [0.15, 0.2) is 0 Å². The van der Waals surface area contributed by atoms with E-state index in [1.807, 2.05) is 6.07 Å². The number of pyridine rings is 1. The van der Waals surface area contributed by atoms with Gasteiger partial charge in [0.25, 0.3) is 5.56 Å². The van der Waals surface area contributed by atoms with Gasteiger partial charge in [0, 0.05) is 42.3 Å². The number of carbonyl (C=O) groups is 1. The van der Waals surface area contributed by atoms with Crippen LogP contribution in [0.25, 0.3) is 5.65 Å². The highest BCUT2D eigenvalue weighted by Crippen LogP contribution is 2.09. The quantitative estimate of drug-likeness (QED) is 0.856. The molecule has 6 nitrogen and oxygen atoms in total. The molecule has 0 spiro atoms. The molecular weight excluding hydrogens is 336 g/mol. The molecule has 1 aliphatic rings. The fourth-order valence-corrected chi connectivity index (χ4v) is 2.76. The number of aromatic nitrogens is 2. The molecule has 2 aromatic heterocycles. The van der Waals surface area contributed by atoms with Crippen LogP contribution < -0.4 is 16.2 Å². The Kier molecular flexibility index (Phi) is 4.03. The predicted octanol–water partition coefficient (Wildman–Crippen LogP) is 0.825. The van der Waals surface area contributed by atoms with Gasteiger partial charge in [-0.3, -0.25) is 14.0 Å². The number of halogens is 1. The lowest BCUT2D eigenvalue weighted by molar-refractivity contribution is -0.119. The van der Waals surface area contributed by atoms with Gasteiger partial charge in [-0.05, 0) is 34.5 Å². The lowest BCUT2D eigenvalue weighted by atomic mass is 10.2. The summed E-state index contributed by atoms with van der Waals surface area (Å²) in [6.45, 7) is 1.20. The zero-order chi connectivity index (χ0) is 14.8. The Balaban J connectivity index is 1.68. The maximum absolute atomic E-state index is 12.0. The molecule has 3 heterocycles. The molecular formula is C14H15BrN4O2. The maximum atomic E-state index is 12.0. The molecule has 21 heavy (non-hydrogen) atoms. The second-order valence-corrected chi connectivity index (χ2v) is 6.01. The zero-order valence-electron chi connectivity index (χ0n) is 11.3. The van der Waals surface area contributed by atoms with E-state index in [2.05, 4.69) is 31.5 Å². The first-order valence-corrected chi connectivity index (χ1v) is 7.59. The van der Waals surface area contributed by atoms with Crippen LogP contribution in [-0.4, -0.2) is 27.9 Å². The third-order valence-corrected chi connectivity index (χ3v) is 3.93. The number of hydrogen-bond acceptors (Lipinski definition) is 4. The number of fused-ring (bicyclic) bond motifs is 1. The number of carbonyl (C=O) groups excluding carboxylic acids is 1. The summed E-state index contributed by atoms with van der Waals surface area (Å²) in [5.41, 5.74) is 1.22. The van der Waals surface area contributed by atoms with Gasteiger partial charge in [-0.2, -0.15) is 0 Å². The number of nitrogens with zero attached hydrogens (tertiary/aromatic N) is 2. The van der Waals surface area contributed by atoms with Crippen LogP contribution in [0.5, 0.6) is 0 Å².